The Hall–Kier alpha value is -6.06. The van der Waals surface area contributed by atoms with Crippen LogP contribution >= 0.6 is 0 Å². The first-order valence-corrected chi connectivity index (χ1v) is 15.2. The van der Waals surface area contributed by atoms with Gasteiger partial charge in [-0.3, -0.25) is 4.57 Å². The maximum atomic E-state index is 5.32. The molecule has 0 aliphatic rings. The van der Waals surface area contributed by atoms with E-state index in [0.717, 1.165) is 44.3 Å². The highest BCUT2D eigenvalue weighted by Gasteiger charge is 2.22. The summed E-state index contributed by atoms with van der Waals surface area (Å²) >= 11 is 0. The fourth-order valence-electron chi connectivity index (χ4n) is 7.16. The van der Waals surface area contributed by atoms with Gasteiger partial charge in [0.1, 0.15) is 0 Å². The third-order valence-corrected chi connectivity index (χ3v) is 9.11. The van der Waals surface area contributed by atoms with E-state index in [-0.39, 0.29) is 0 Å². The molecule has 0 amide bonds. The van der Waals surface area contributed by atoms with Crippen molar-refractivity contribution >= 4 is 70.6 Å². The average molecular weight is 574 g/mol. The quantitative estimate of drug-likeness (QED) is 0.151. The second kappa shape index (κ2) is 9.73. The van der Waals surface area contributed by atoms with Crippen LogP contribution in [-0.4, -0.2) is 14.5 Å². The fraction of sp³-hybridized carbons (Fsp3) is 0. The minimum absolute atomic E-state index is 0.663. The zero-order chi connectivity index (χ0) is 30.1. The molecule has 2 heterocycles. The molecule has 0 fully saturated rings. The molecule has 0 aliphatic heterocycles. The molecule has 0 saturated carbocycles. The first-order chi connectivity index (χ1) is 22.2. The predicted molar refractivity (Wildman–Crippen MR) is 191 cm³/mol. The Morgan fingerprint density at radius 3 is 2.00 bits per heavy atom. The molecular formula is C42H27N3. The first kappa shape index (κ1) is 25.4. The van der Waals surface area contributed by atoms with Crippen molar-refractivity contribution in [2.24, 2.45) is 0 Å². The van der Waals surface area contributed by atoms with Crippen LogP contribution in [0.2, 0.25) is 0 Å². The second-order valence-electron chi connectivity index (χ2n) is 11.5. The molecular weight excluding hydrogens is 546 g/mol. The summed E-state index contributed by atoms with van der Waals surface area (Å²) < 4.78 is 2.25. The van der Waals surface area contributed by atoms with E-state index >= 15 is 0 Å². The molecule has 7 aromatic carbocycles. The number of fused-ring (bicyclic) bond motifs is 6. The minimum Gasteiger partial charge on any atom is -0.278 e. The molecule has 0 saturated heterocycles. The van der Waals surface area contributed by atoms with Crippen molar-refractivity contribution in [3.05, 3.63) is 158 Å². The Kier molecular flexibility index (Phi) is 5.50. The monoisotopic (exact) mass is 573 g/mol. The highest BCUT2D eigenvalue weighted by atomic mass is 15.2. The standard InChI is InChI=1S/C42H27N3/c1-3-11-26(4-2)27-20-22-29(23-21-27)41-33-14-7-8-17-35(33)43-42(44-41)45-36-18-9-15-31-32-25-24-28-12-5-6-13-30(28)38(32)34-16-10-19-37(45)40(34)39(31)36/h3-25H,1-2H2/b26-11+. The lowest BCUT2D eigenvalue weighted by Crippen LogP contribution is -2.03. The molecule has 0 radical (unpaired) electrons. The third-order valence-electron chi connectivity index (χ3n) is 9.11. The van der Waals surface area contributed by atoms with Crippen molar-refractivity contribution in [3.63, 3.8) is 0 Å². The first-order valence-electron chi connectivity index (χ1n) is 15.2. The van der Waals surface area contributed by atoms with Crippen LogP contribution in [0.15, 0.2) is 153 Å². The molecule has 9 aromatic rings. The third kappa shape index (κ3) is 3.65. The molecule has 2 aromatic heterocycles. The molecule has 3 heteroatoms. The zero-order valence-corrected chi connectivity index (χ0v) is 24.5. The van der Waals surface area contributed by atoms with Gasteiger partial charge in [0.25, 0.3) is 0 Å². The van der Waals surface area contributed by atoms with Crippen LogP contribution in [-0.2, 0) is 0 Å². The van der Waals surface area contributed by atoms with Gasteiger partial charge in [0.2, 0.25) is 5.95 Å². The van der Waals surface area contributed by atoms with Crippen molar-refractivity contribution in [3.8, 4) is 17.2 Å². The Balaban J connectivity index is 1.36. The van der Waals surface area contributed by atoms with Crippen molar-refractivity contribution in [2.45, 2.75) is 0 Å². The van der Waals surface area contributed by atoms with Crippen LogP contribution in [0.4, 0.5) is 0 Å². The minimum atomic E-state index is 0.663. The average Bonchev–Trinajstić information content (AvgIpc) is 3.45. The number of hydrogen-bond acceptors (Lipinski definition) is 2. The van der Waals surface area contributed by atoms with Gasteiger partial charge in [-0.25, -0.2) is 9.97 Å². The van der Waals surface area contributed by atoms with Crippen molar-refractivity contribution in [1.82, 2.24) is 14.5 Å². The molecule has 9 rings (SSSR count). The summed E-state index contributed by atoms with van der Waals surface area (Å²) in [5.41, 5.74) is 7.17. The highest BCUT2D eigenvalue weighted by molar-refractivity contribution is 6.37. The molecule has 0 N–H and O–H groups in total. The highest BCUT2D eigenvalue weighted by Crippen LogP contribution is 2.45. The van der Waals surface area contributed by atoms with Gasteiger partial charge in [0, 0.05) is 21.7 Å². The number of rotatable bonds is 5. The van der Waals surface area contributed by atoms with Gasteiger partial charge in [-0.1, -0.05) is 135 Å². The summed E-state index contributed by atoms with van der Waals surface area (Å²) in [6, 6.07) is 43.2. The van der Waals surface area contributed by atoms with Crippen LogP contribution in [0.3, 0.4) is 0 Å². The largest absolute Gasteiger partial charge is 0.278 e. The normalized spacial score (nSPS) is 12.3. The van der Waals surface area contributed by atoms with Crippen molar-refractivity contribution in [2.75, 3.05) is 0 Å². The molecule has 210 valence electrons. The van der Waals surface area contributed by atoms with E-state index in [1.165, 1.54) is 43.1 Å². The molecule has 3 nitrogen and oxygen atoms in total. The smallest absolute Gasteiger partial charge is 0.235 e. The van der Waals surface area contributed by atoms with Crippen LogP contribution in [0.25, 0.3) is 87.8 Å². The van der Waals surface area contributed by atoms with E-state index in [4.69, 9.17) is 9.97 Å². The Bertz CT molecular complexity index is 2670. The number of allylic oxidation sites excluding steroid dienone is 4. The van der Waals surface area contributed by atoms with Crippen LogP contribution in [0.1, 0.15) is 5.56 Å². The Morgan fingerprint density at radius 1 is 0.556 bits per heavy atom. The van der Waals surface area contributed by atoms with Gasteiger partial charge in [0.05, 0.1) is 22.2 Å². The lowest BCUT2D eigenvalue weighted by molar-refractivity contribution is 1.01. The summed E-state index contributed by atoms with van der Waals surface area (Å²) in [5.74, 6) is 0.663. The summed E-state index contributed by atoms with van der Waals surface area (Å²) in [5, 5.41) is 11.1. The van der Waals surface area contributed by atoms with E-state index in [1.807, 2.05) is 18.2 Å². The van der Waals surface area contributed by atoms with Crippen LogP contribution < -0.4 is 0 Å². The number of benzene rings is 7. The lowest BCUT2D eigenvalue weighted by Gasteiger charge is -2.12. The second-order valence-corrected chi connectivity index (χ2v) is 11.5. The number of aromatic nitrogens is 3. The molecule has 0 unspecified atom stereocenters. The van der Waals surface area contributed by atoms with Crippen molar-refractivity contribution < 1.29 is 0 Å². The van der Waals surface area contributed by atoms with Gasteiger partial charge < -0.3 is 0 Å². The molecule has 0 aliphatic carbocycles. The molecule has 45 heavy (non-hydrogen) atoms. The van der Waals surface area contributed by atoms with Gasteiger partial charge in [-0.05, 0) is 61.7 Å². The Morgan fingerprint density at radius 2 is 1.22 bits per heavy atom. The maximum absolute atomic E-state index is 5.32. The summed E-state index contributed by atoms with van der Waals surface area (Å²) in [6.45, 7) is 7.82. The van der Waals surface area contributed by atoms with Gasteiger partial charge in [-0.15, -0.1) is 0 Å². The van der Waals surface area contributed by atoms with E-state index in [1.54, 1.807) is 6.08 Å². The van der Waals surface area contributed by atoms with E-state index in [0.29, 0.717) is 5.95 Å². The van der Waals surface area contributed by atoms with Crippen LogP contribution in [0, 0.1) is 0 Å². The Labute approximate surface area is 260 Å². The zero-order valence-electron chi connectivity index (χ0n) is 24.5. The summed E-state index contributed by atoms with van der Waals surface area (Å²) in [4.78, 5) is 10.5. The van der Waals surface area contributed by atoms with Gasteiger partial charge in [-0.2, -0.15) is 0 Å². The predicted octanol–water partition coefficient (Wildman–Crippen LogP) is 11.0. The van der Waals surface area contributed by atoms with E-state index in [9.17, 15) is 0 Å². The molecule has 0 spiro atoms. The van der Waals surface area contributed by atoms with E-state index < -0.39 is 0 Å². The maximum Gasteiger partial charge on any atom is 0.235 e. The number of para-hydroxylation sites is 1. The molecule has 0 atom stereocenters. The summed E-state index contributed by atoms with van der Waals surface area (Å²) in [6.07, 6.45) is 5.61. The molecule has 0 bridgehead atoms. The van der Waals surface area contributed by atoms with Gasteiger partial charge >= 0.3 is 0 Å². The lowest BCUT2D eigenvalue weighted by atomic mass is 9.91. The van der Waals surface area contributed by atoms with E-state index in [2.05, 4.69) is 133 Å². The van der Waals surface area contributed by atoms with Crippen molar-refractivity contribution in [1.29, 1.82) is 0 Å². The summed E-state index contributed by atoms with van der Waals surface area (Å²) in [7, 11) is 0. The number of nitrogens with zero attached hydrogens (tertiary/aromatic N) is 3. The SMILES string of the molecule is C=C/C=C(\C=C)c1ccc(-c2nc(-n3c4cccc5c6ccc7ccccc7c6c6cccc3c6c54)nc3ccccc23)cc1. The topological polar surface area (TPSA) is 30.7 Å². The number of hydrogen-bond donors (Lipinski definition) is 0. The van der Waals surface area contributed by atoms with Crippen LogP contribution in [0.5, 0.6) is 0 Å². The fourth-order valence-corrected chi connectivity index (χ4v) is 7.16. The van der Waals surface area contributed by atoms with Gasteiger partial charge in [0.15, 0.2) is 0 Å².